The molecule has 4 nitrogen and oxygen atoms in total. The number of hydrogen-bond acceptors (Lipinski definition) is 4. The van der Waals surface area contributed by atoms with E-state index in [0.29, 0.717) is 0 Å². The van der Waals surface area contributed by atoms with Crippen LogP contribution in [-0.4, -0.2) is 15.0 Å². The fraction of sp³-hybridized carbons (Fsp3) is 0.140. The number of benzene rings is 7. The number of anilines is 3. The quantitative estimate of drug-likeness (QED) is 0.167. The summed E-state index contributed by atoms with van der Waals surface area (Å²) in [4.78, 5) is 13.1. The minimum absolute atomic E-state index is 0.0878. The normalized spacial score (nSPS) is 15.4. The predicted molar refractivity (Wildman–Crippen MR) is 194 cm³/mol. The zero-order chi connectivity index (χ0) is 33.4. The van der Waals surface area contributed by atoms with Gasteiger partial charge in [-0.3, -0.25) is 4.90 Å². The molecule has 236 valence electrons. The van der Waals surface area contributed by atoms with E-state index in [1.54, 1.807) is 0 Å². The highest BCUT2D eigenvalue weighted by molar-refractivity contribution is 6.26. The molecule has 1 aromatic heterocycles. The van der Waals surface area contributed by atoms with Crippen molar-refractivity contribution in [2.75, 3.05) is 4.90 Å². The summed E-state index contributed by atoms with van der Waals surface area (Å²) in [6, 6.07) is 39.0. The van der Waals surface area contributed by atoms with Crippen LogP contribution in [0, 0.1) is 12.2 Å². The first kappa shape index (κ1) is 28.3. The maximum absolute atomic E-state index is 14.7. The van der Waals surface area contributed by atoms with E-state index < -0.39 is 17.6 Å². The molecule has 2 aliphatic rings. The smallest absolute Gasteiger partial charge is 0.278 e. The maximum atomic E-state index is 14.7. The van der Waals surface area contributed by atoms with E-state index in [1.807, 2.05) is 23.1 Å². The van der Waals surface area contributed by atoms with Gasteiger partial charge in [0.1, 0.15) is 0 Å². The lowest BCUT2D eigenvalue weighted by molar-refractivity contribution is 0.456. The van der Waals surface area contributed by atoms with Crippen molar-refractivity contribution >= 4 is 60.4 Å². The molecule has 1 aliphatic heterocycles. The first-order valence-corrected chi connectivity index (χ1v) is 16.6. The summed E-state index contributed by atoms with van der Waals surface area (Å²) in [5.41, 5.74) is 7.59. The molecule has 1 aliphatic carbocycles. The number of hydrogen-bond donors (Lipinski definition) is 0. The Morgan fingerprint density at radius 2 is 0.898 bits per heavy atom. The van der Waals surface area contributed by atoms with Gasteiger partial charge in [0, 0.05) is 10.8 Å². The van der Waals surface area contributed by atoms with Crippen molar-refractivity contribution in [1.82, 2.24) is 15.0 Å². The zero-order valence-corrected chi connectivity index (χ0v) is 27.4. The summed E-state index contributed by atoms with van der Waals surface area (Å²) in [6.45, 7) is 8.97. The molecule has 0 atom stereocenters. The number of nitrogens with zero attached hydrogens (tertiary/aromatic N) is 4. The van der Waals surface area contributed by atoms with Crippen LogP contribution in [0.1, 0.15) is 49.9 Å². The van der Waals surface area contributed by atoms with E-state index in [-0.39, 0.29) is 11.4 Å². The fourth-order valence-corrected chi connectivity index (χ4v) is 8.67. The second kappa shape index (κ2) is 9.44. The van der Waals surface area contributed by atoms with E-state index in [9.17, 15) is 8.78 Å². The maximum Gasteiger partial charge on any atom is 0.315 e. The lowest BCUT2D eigenvalue weighted by atomic mass is 9.71. The van der Waals surface area contributed by atoms with E-state index >= 15 is 0 Å². The molecule has 0 radical (unpaired) electrons. The average Bonchev–Trinajstić information content (AvgIpc) is 3.31. The molecule has 6 heteroatoms. The second-order valence-electron chi connectivity index (χ2n) is 14.4. The highest BCUT2D eigenvalue weighted by Gasteiger charge is 2.43. The number of rotatable bonds is 1. The Labute approximate surface area is 281 Å². The van der Waals surface area contributed by atoms with Crippen LogP contribution in [0.2, 0.25) is 0 Å². The summed E-state index contributed by atoms with van der Waals surface area (Å²) in [5, 5.41) is 9.51. The van der Waals surface area contributed by atoms with Crippen LogP contribution >= 0.6 is 0 Å². The average molecular weight is 641 g/mol. The van der Waals surface area contributed by atoms with Crippen LogP contribution in [0.5, 0.6) is 0 Å². The van der Waals surface area contributed by atoms with E-state index in [1.165, 1.54) is 49.0 Å². The van der Waals surface area contributed by atoms with Crippen molar-refractivity contribution < 1.29 is 8.78 Å². The molecular weight excluding hydrogens is 610 g/mol. The zero-order valence-electron chi connectivity index (χ0n) is 27.4. The second-order valence-corrected chi connectivity index (χ2v) is 14.4. The fourth-order valence-electron chi connectivity index (χ4n) is 8.67. The van der Waals surface area contributed by atoms with Gasteiger partial charge in [-0.05, 0) is 113 Å². The van der Waals surface area contributed by atoms with Crippen LogP contribution < -0.4 is 4.90 Å². The number of halogens is 2. The molecule has 0 saturated carbocycles. The van der Waals surface area contributed by atoms with Gasteiger partial charge in [-0.15, -0.1) is 0 Å². The SMILES string of the molecule is CC1(C)c2cc3c(cc2-c2cc4c5ccccc5c5ccccc5c4cc21)C(C)(C)c1cc2ccccc2cc1N3c1nc(F)nc(F)n1. The minimum Gasteiger partial charge on any atom is -0.278 e. The Bertz CT molecular complexity index is 2750. The first-order valence-electron chi connectivity index (χ1n) is 16.6. The van der Waals surface area contributed by atoms with Crippen LogP contribution in [0.4, 0.5) is 26.1 Å². The summed E-state index contributed by atoms with van der Waals surface area (Å²) >= 11 is 0. The Hall–Kier alpha value is -5.75. The van der Waals surface area contributed by atoms with Gasteiger partial charge in [0.25, 0.3) is 0 Å². The molecular formula is C43H30F2N4. The van der Waals surface area contributed by atoms with Crippen molar-refractivity contribution in [2.24, 2.45) is 0 Å². The molecule has 8 aromatic rings. The third kappa shape index (κ3) is 3.74. The minimum atomic E-state index is -1.16. The molecule has 0 fully saturated rings. The van der Waals surface area contributed by atoms with E-state index in [4.69, 9.17) is 0 Å². The molecule has 49 heavy (non-hydrogen) atoms. The van der Waals surface area contributed by atoms with Crippen LogP contribution in [0.25, 0.3) is 54.2 Å². The lowest BCUT2D eigenvalue weighted by Crippen LogP contribution is -2.32. The molecule has 0 spiro atoms. The topological polar surface area (TPSA) is 41.9 Å². The van der Waals surface area contributed by atoms with Crippen molar-refractivity contribution in [3.63, 3.8) is 0 Å². The highest BCUT2D eigenvalue weighted by atomic mass is 19.1. The van der Waals surface area contributed by atoms with Crippen molar-refractivity contribution in [3.8, 4) is 11.1 Å². The molecule has 0 N–H and O–H groups in total. The van der Waals surface area contributed by atoms with Gasteiger partial charge in [0.15, 0.2) is 0 Å². The van der Waals surface area contributed by atoms with Gasteiger partial charge in [0.05, 0.1) is 11.4 Å². The Kier molecular flexibility index (Phi) is 5.45. The van der Waals surface area contributed by atoms with Crippen molar-refractivity contribution in [2.45, 2.75) is 38.5 Å². The van der Waals surface area contributed by atoms with E-state index in [0.717, 1.165) is 38.8 Å². The van der Waals surface area contributed by atoms with Crippen LogP contribution in [-0.2, 0) is 10.8 Å². The molecule has 0 saturated heterocycles. The molecule has 2 heterocycles. The first-order chi connectivity index (χ1) is 23.6. The molecule has 0 bridgehead atoms. The predicted octanol–water partition coefficient (Wildman–Crippen LogP) is 11.2. The Morgan fingerprint density at radius 3 is 1.53 bits per heavy atom. The van der Waals surface area contributed by atoms with Gasteiger partial charge < -0.3 is 0 Å². The van der Waals surface area contributed by atoms with Gasteiger partial charge in [-0.1, -0.05) is 100 Å². The van der Waals surface area contributed by atoms with Gasteiger partial charge in [0.2, 0.25) is 5.95 Å². The number of fused-ring (bicyclic) bond motifs is 12. The summed E-state index contributed by atoms with van der Waals surface area (Å²) in [5.74, 6) is -0.0878. The van der Waals surface area contributed by atoms with E-state index in [2.05, 4.69) is 134 Å². The highest BCUT2D eigenvalue weighted by Crippen LogP contribution is 2.58. The van der Waals surface area contributed by atoms with Crippen molar-refractivity contribution in [3.05, 3.63) is 144 Å². The van der Waals surface area contributed by atoms with Crippen LogP contribution in [0.3, 0.4) is 0 Å². The lowest BCUT2D eigenvalue weighted by Gasteiger charge is -2.42. The molecule has 0 unspecified atom stereocenters. The third-order valence-electron chi connectivity index (χ3n) is 11.1. The molecule has 7 aromatic carbocycles. The standard InChI is InChI=1S/C43H30F2N4/c1-42(2)33-20-30-28-16-10-8-14-26(28)25-13-7-9-15-27(25)29(30)19-31(33)32-21-36-38(22-34(32)42)49(41-47-39(44)46-40(45)48-41)37-18-24-12-6-5-11-23(24)17-35(37)43(36,3)4/h5-22H,1-4H3. The molecule has 10 rings (SSSR count). The van der Waals surface area contributed by atoms with Gasteiger partial charge in [-0.25, -0.2) is 0 Å². The largest absolute Gasteiger partial charge is 0.315 e. The van der Waals surface area contributed by atoms with Gasteiger partial charge in [-0.2, -0.15) is 23.7 Å². The summed E-state index contributed by atoms with van der Waals surface area (Å²) in [6.07, 6.45) is -2.31. The number of aromatic nitrogens is 3. The molecule has 0 amide bonds. The Balaban J connectivity index is 1.30. The van der Waals surface area contributed by atoms with Gasteiger partial charge >= 0.3 is 12.2 Å². The Morgan fingerprint density at radius 1 is 0.449 bits per heavy atom. The summed E-state index contributed by atoms with van der Waals surface area (Å²) < 4.78 is 29.4. The van der Waals surface area contributed by atoms with Crippen LogP contribution in [0.15, 0.2) is 109 Å². The monoisotopic (exact) mass is 640 g/mol. The van der Waals surface area contributed by atoms with Crippen molar-refractivity contribution in [1.29, 1.82) is 0 Å². The summed E-state index contributed by atoms with van der Waals surface area (Å²) in [7, 11) is 0. The third-order valence-corrected chi connectivity index (χ3v) is 11.1.